The number of anilines is 1. The van der Waals surface area contributed by atoms with Crippen LogP contribution in [0.3, 0.4) is 0 Å². The SMILES string of the molecule is CC1CN(S(=O)(=O)c2cc(N)ccc2C(=O)O)CCC1O. The summed E-state index contributed by atoms with van der Waals surface area (Å²) in [6, 6.07) is 3.70. The van der Waals surface area contributed by atoms with Gasteiger partial charge in [-0.25, -0.2) is 13.2 Å². The highest BCUT2D eigenvalue weighted by Gasteiger charge is 2.34. The van der Waals surface area contributed by atoms with E-state index < -0.39 is 22.1 Å². The molecule has 0 aromatic heterocycles. The number of piperidine rings is 1. The molecule has 0 amide bonds. The summed E-state index contributed by atoms with van der Waals surface area (Å²) >= 11 is 0. The summed E-state index contributed by atoms with van der Waals surface area (Å²) in [6.45, 7) is 2.06. The maximum atomic E-state index is 12.6. The third-order valence-corrected chi connectivity index (χ3v) is 5.58. The number of nitrogen functional groups attached to an aromatic ring is 1. The number of carboxylic acid groups (broad SMARTS) is 1. The number of nitrogens with zero attached hydrogens (tertiary/aromatic N) is 1. The molecule has 7 nitrogen and oxygen atoms in total. The zero-order valence-electron chi connectivity index (χ0n) is 11.6. The molecule has 1 fully saturated rings. The van der Waals surface area contributed by atoms with Crippen molar-refractivity contribution in [3.8, 4) is 0 Å². The average Bonchev–Trinajstić information content (AvgIpc) is 2.41. The maximum absolute atomic E-state index is 12.6. The van der Waals surface area contributed by atoms with Crippen molar-refractivity contribution in [1.82, 2.24) is 4.31 Å². The highest BCUT2D eigenvalue weighted by Crippen LogP contribution is 2.27. The lowest BCUT2D eigenvalue weighted by Crippen LogP contribution is -2.45. The Bertz CT molecular complexity index is 659. The molecule has 1 aromatic carbocycles. The van der Waals surface area contributed by atoms with E-state index >= 15 is 0 Å². The summed E-state index contributed by atoms with van der Waals surface area (Å²) in [5.41, 5.74) is 5.47. The lowest BCUT2D eigenvalue weighted by Gasteiger charge is -2.33. The standard InChI is InChI=1S/C13H18N2O5S/c1-8-7-15(5-4-11(8)16)21(19,20)12-6-9(14)2-3-10(12)13(17)18/h2-3,6,8,11,16H,4-5,7,14H2,1H3,(H,17,18). The number of hydrogen-bond donors (Lipinski definition) is 3. The summed E-state index contributed by atoms with van der Waals surface area (Å²) in [5, 5.41) is 18.8. The molecule has 2 rings (SSSR count). The summed E-state index contributed by atoms with van der Waals surface area (Å²) in [5.74, 6) is -1.53. The van der Waals surface area contributed by atoms with Crippen molar-refractivity contribution in [2.45, 2.75) is 24.3 Å². The first-order valence-corrected chi connectivity index (χ1v) is 7.98. The first kappa shape index (κ1) is 15.7. The number of aromatic carboxylic acids is 1. The van der Waals surface area contributed by atoms with E-state index in [0.717, 1.165) is 6.07 Å². The van der Waals surface area contributed by atoms with E-state index in [1.807, 2.05) is 0 Å². The molecule has 21 heavy (non-hydrogen) atoms. The minimum Gasteiger partial charge on any atom is -0.478 e. The molecule has 2 atom stereocenters. The van der Waals surface area contributed by atoms with Gasteiger partial charge in [0.2, 0.25) is 10.0 Å². The fourth-order valence-corrected chi connectivity index (χ4v) is 4.15. The maximum Gasteiger partial charge on any atom is 0.337 e. The van der Waals surface area contributed by atoms with E-state index in [4.69, 9.17) is 10.8 Å². The zero-order chi connectivity index (χ0) is 15.8. The molecule has 1 aromatic rings. The normalized spacial score (nSPS) is 23.9. The van der Waals surface area contributed by atoms with Crippen LogP contribution in [0.25, 0.3) is 0 Å². The summed E-state index contributed by atoms with van der Waals surface area (Å²) in [7, 11) is -3.96. The second-order valence-corrected chi connectivity index (χ2v) is 7.16. The van der Waals surface area contributed by atoms with Gasteiger partial charge in [0.25, 0.3) is 0 Å². The van der Waals surface area contributed by atoms with Crippen molar-refractivity contribution in [2.75, 3.05) is 18.8 Å². The number of carbonyl (C=O) groups is 1. The third-order valence-electron chi connectivity index (χ3n) is 3.68. The highest BCUT2D eigenvalue weighted by atomic mass is 32.2. The van der Waals surface area contributed by atoms with Crippen molar-refractivity contribution in [3.05, 3.63) is 23.8 Å². The predicted octanol–water partition coefficient (Wildman–Crippen LogP) is 0.358. The Balaban J connectivity index is 2.45. The summed E-state index contributed by atoms with van der Waals surface area (Å²) < 4.78 is 26.5. The molecular formula is C13H18N2O5S. The number of aliphatic hydroxyl groups excluding tert-OH is 1. The van der Waals surface area contributed by atoms with Crippen molar-refractivity contribution >= 4 is 21.7 Å². The number of sulfonamides is 1. The Morgan fingerprint density at radius 3 is 2.67 bits per heavy atom. The number of carboxylic acids is 1. The molecule has 8 heteroatoms. The molecular weight excluding hydrogens is 296 g/mol. The summed E-state index contributed by atoms with van der Waals surface area (Å²) in [6.07, 6.45) is -0.221. The molecule has 116 valence electrons. The van der Waals surface area contributed by atoms with E-state index in [9.17, 15) is 18.3 Å². The molecule has 1 saturated heterocycles. The number of rotatable bonds is 3. The fourth-order valence-electron chi connectivity index (χ4n) is 2.38. The Labute approximate surface area is 123 Å². The number of benzene rings is 1. The largest absolute Gasteiger partial charge is 0.478 e. The molecule has 1 aliphatic rings. The Hall–Kier alpha value is -1.64. The number of hydrogen-bond acceptors (Lipinski definition) is 5. The van der Waals surface area contributed by atoms with Crippen LogP contribution in [0.1, 0.15) is 23.7 Å². The molecule has 0 aliphatic carbocycles. The Morgan fingerprint density at radius 2 is 2.10 bits per heavy atom. The van der Waals surface area contributed by atoms with Crippen molar-refractivity contribution in [3.63, 3.8) is 0 Å². The second kappa shape index (κ2) is 5.63. The number of nitrogens with two attached hydrogens (primary N) is 1. The van der Waals surface area contributed by atoms with Gasteiger partial charge in [-0.05, 0) is 30.5 Å². The molecule has 4 N–H and O–H groups in total. The van der Waals surface area contributed by atoms with Gasteiger partial charge < -0.3 is 15.9 Å². The zero-order valence-corrected chi connectivity index (χ0v) is 12.4. The van der Waals surface area contributed by atoms with Gasteiger partial charge in [0.15, 0.2) is 0 Å². The van der Waals surface area contributed by atoms with E-state index in [1.165, 1.54) is 16.4 Å². The van der Waals surface area contributed by atoms with Crippen molar-refractivity contribution in [1.29, 1.82) is 0 Å². The van der Waals surface area contributed by atoms with Crippen LogP contribution in [-0.4, -0.2) is 48.1 Å². The fraction of sp³-hybridized carbons (Fsp3) is 0.462. The minimum absolute atomic E-state index is 0.150. The Kier molecular flexibility index (Phi) is 4.22. The van der Waals surface area contributed by atoms with E-state index in [2.05, 4.69) is 0 Å². The van der Waals surface area contributed by atoms with E-state index in [0.29, 0.717) is 6.42 Å². The molecule has 1 aliphatic heterocycles. The van der Waals surface area contributed by atoms with Gasteiger partial charge in [-0.3, -0.25) is 0 Å². The number of aliphatic hydroxyl groups is 1. The van der Waals surface area contributed by atoms with Crippen LogP contribution in [0.15, 0.2) is 23.1 Å². The minimum atomic E-state index is -3.96. The Morgan fingerprint density at radius 1 is 1.43 bits per heavy atom. The van der Waals surface area contributed by atoms with Gasteiger partial charge in [0, 0.05) is 18.8 Å². The molecule has 1 heterocycles. The van der Waals surface area contributed by atoms with Crippen molar-refractivity contribution < 1.29 is 23.4 Å². The third kappa shape index (κ3) is 3.02. The van der Waals surface area contributed by atoms with Crippen LogP contribution < -0.4 is 5.73 Å². The van der Waals surface area contributed by atoms with Crippen LogP contribution in [-0.2, 0) is 10.0 Å². The van der Waals surface area contributed by atoms with Crippen LogP contribution in [0, 0.1) is 5.92 Å². The van der Waals surface area contributed by atoms with Crippen LogP contribution >= 0.6 is 0 Å². The predicted molar refractivity (Wildman–Crippen MR) is 76.4 cm³/mol. The van der Waals surface area contributed by atoms with Crippen LogP contribution in [0.2, 0.25) is 0 Å². The highest BCUT2D eigenvalue weighted by molar-refractivity contribution is 7.89. The average molecular weight is 314 g/mol. The lowest BCUT2D eigenvalue weighted by molar-refractivity contribution is 0.0624. The topological polar surface area (TPSA) is 121 Å². The molecule has 0 saturated carbocycles. The summed E-state index contributed by atoms with van der Waals surface area (Å²) in [4.78, 5) is 10.9. The van der Waals surface area contributed by atoms with Gasteiger partial charge in [-0.1, -0.05) is 6.92 Å². The molecule has 0 bridgehead atoms. The van der Waals surface area contributed by atoms with Gasteiger partial charge in [-0.15, -0.1) is 0 Å². The van der Waals surface area contributed by atoms with E-state index in [-0.39, 0.29) is 35.2 Å². The van der Waals surface area contributed by atoms with Crippen LogP contribution in [0.5, 0.6) is 0 Å². The second-order valence-electron chi connectivity index (χ2n) is 5.26. The van der Waals surface area contributed by atoms with Gasteiger partial charge in [0.1, 0.15) is 0 Å². The first-order chi connectivity index (χ1) is 9.73. The smallest absolute Gasteiger partial charge is 0.337 e. The molecule has 2 unspecified atom stereocenters. The van der Waals surface area contributed by atoms with Gasteiger partial charge in [0.05, 0.1) is 16.6 Å². The van der Waals surface area contributed by atoms with Crippen molar-refractivity contribution in [2.24, 2.45) is 5.92 Å². The molecule has 0 spiro atoms. The quantitative estimate of drug-likeness (QED) is 0.693. The van der Waals surface area contributed by atoms with Crippen LogP contribution in [0.4, 0.5) is 5.69 Å². The van der Waals surface area contributed by atoms with E-state index in [1.54, 1.807) is 6.92 Å². The van der Waals surface area contributed by atoms with Gasteiger partial charge in [-0.2, -0.15) is 4.31 Å². The molecule has 0 radical (unpaired) electrons. The first-order valence-electron chi connectivity index (χ1n) is 6.54. The lowest BCUT2D eigenvalue weighted by atomic mass is 9.99. The monoisotopic (exact) mass is 314 g/mol. The van der Waals surface area contributed by atoms with Gasteiger partial charge >= 0.3 is 5.97 Å².